The molecule has 0 aliphatic carbocycles. The highest BCUT2D eigenvalue weighted by atomic mass is 16.6. The number of benzene rings is 1. The Balaban J connectivity index is 1.85. The van der Waals surface area contributed by atoms with Crippen molar-refractivity contribution in [3.05, 3.63) is 58.0 Å². The predicted octanol–water partition coefficient (Wildman–Crippen LogP) is 1.87. The average Bonchev–Trinajstić information content (AvgIpc) is 2.83. The van der Waals surface area contributed by atoms with Gasteiger partial charge in [-0.3, -0.25) is 10.1 Å². The molecule has 2 aromatic rings. The zero-order chi connectivity index (χ0) is 12.1. The summed E-state index contributed by atoms with van der Waals surface area (Å²) in [6.45, 7) is 1.23. The Morgan fingerprint density at radius 3 is 2.59 bits per heavy atom. The highest BCUT2D eigenvalue weighted by Crippen LogP contribution is 2.11. The Morgan fingerprint density at radius 2 is 2.00 bits per heavy atom. The van der Waals surface area contributed by atoms with Gasteiger partial charge in [0.25, 0.3) is 5.69 Å². The first-order valence-electron chi connectivity index (χ1n) is 5.09. The van der Waals surface area contributed by atoms with Crippen LogP contribution in [0.25, 0.3) is 0 Å². The third-order valence-corrected chi connectivity index (χ3v) is 2.27. The molecule has 1 aromatic heterocycles. The molecule has 0 saturated heterocycles. The summed E-state index contributed by atoms with van der Waals surface area (Å²) in [4.78, 5) is 10.0. The van der Waals surface area contributed by atoms with Gasteiger partial charge in [-0.25, -0.2) is 0 Å². The fourth-order valence-corrected chi connectivity index (χ4v) is 1.40. The third kappa shape index (κ3) is 3.12. The van der Waals surface area contributed by atoms with Crippen LogP contribution < -0.4 is 5.32 Å². The van der Waals surface area contributed by atoms with Gasteiger partial charge in [0.2, 0.25) is 0 Å². The van der Waals surface area contributed by atoms with E-state index in [1.165, 1.54) is 18.4 Å². The van der Waals surface area contributed by atoms with Crippen LogP contribution >= 0.6 is 0 Å². The fourth-order valence-electron chi connectivity index (χ4n) is 1.40. The summed E-state index contributed by atoms with van der Waals surface area (Å²) in [7, 11) is 0. The van der Waals surface area contributed by atoms with Gasteiger partial charge in [-0.05, 0) is 5.56 Å². The topological polar surface area (TPSA) is 81.2 Å². The normalized spacial score (nSPS) is 10.4. The van der Waals surface area contributed by atoms with Crippen LogP contribution in [-0.4, -0.2) is 10.1 Å². The summed E-state index contributed by atoms with van der Waals surface area (Å²) in [5, 5.41) is 17.4. The molecule has 88 valence electrons. The molecule has 0 spiro atoms. The maximum atomic E-state index is 10.5. The van der Waals surface area contributed by atoms with Crippen molar-refractivity contribution in [3.63, 3.8) is 0 Å². The number of non-ortho nitro benzene ring substituents is 1. The summed E-state index contributed by atoms with van der Waals surface area (Å²) in [6.07, 6.45) is 1.52. The minimum atomic E-state index is -0.410. The number of nitrogens with one attached hydrogen (secondary N) is 1. The molecule has 1 heterocycles. The Kier molecular flexibility index (Phi) is 3.46. The van der Waals surface area contributed by atoms with Crippen molar-refractivity contribution in [1.29, 1.82) is 0 Å². The van der Waals surface area contributed by atoms with Gasteiger partial charge in [0.15, 0.2) is 0 Å². The zero-order valence-corrected chi connectivity index (χ0v) is 9.00. The van der Waals surface area contributed by atoms with Crippen LogP contribution in [0.15, 0.2) is 41.1 Å². The molecule has 6 nitrogen and oxygen atoms in total. The van der Waals surface area contributed by atoms with Crippen molar-refractivity contribution in [3.8, 4) is 0 Å². The maximum Gasteiger partial charge on any atom is 0.269 e. The van der Waals surface area contributed by atoms with E-state index in [0.717, 1.165) is 11.3 Å². The summed E-state index contributed by atoms with van der Waals surface area (Å²) < 4.78 is 4.69. The van der Waals surface area contributed by atoms with Crippen molar-refractivity contribution >= 4 is 5.69 Å². The van der Waals surface area contributed by atoms with Gasteiger partial charge in [0.05, 0.1) is 10.6 Å². The standard InChI is InChI=1S/C11H11N3O3/c15-14(16)11-3-1-9(2-4-11)7-12-8-10-5-6-17-13-10/h1-6,12H,7-8H2. The molecule has 0 unspecified atom stereocenters. The van der Waals surface area contributed by atoms with E-state index in [9.17, 15) is 10.1 Å². The molecule has 0 aliphatic heterocycles. The van der Waals surface area contributed by atoms with E-state index in [2.05, 4.69) is 10.5 Å². The summed E-state index contributed by atoms with van der Waals surface area (Å²) in [5.74, 6) is 0. The number of nitro benzene ring substituents is 1. The van der Waals surface area contributed by atoms with E-state index in [1.807, 2.05) is 0 Å². The maximum absolute atomic E-state index is 10.5. The van der Waals surface area contributed by atoms with Crippen LogP contribution in [0.1, 0.15) is 11.3 Å². The summed E-state index contributed by atoms with van der Waals surface area (Å²) in [6, 6.07) is 8.23. The molecule has 1 N–H and O–H groups in total. The van der Waals surface area contributed by atoms with Crippen molar-refractivity contribution in [2.75, 3.05) is 0 Å². The molecule has 1 aromatic carbocycles. The molecule has 2 rings (SSSR count). The van der Waals surface area contributed by atoms with Crippen LogP contribution in [0, 0.1) is 10.1 Å². The number of nitro groups is 1. The Labute approximate surface area is 97.4 Å². The van der Waals surface area contributed by atoms with Gasteiger partial charge in [-0.15, -0.1) is 0 Å². The number of nitrogens with zero attached hydrogens (tertiary/aromatic N) is 2. The number of hydrogen-bond acceptors (Lipinski definition) is 5. The van der Waals surface area contributed by atoms with Gasteiger partial charge in [0.1, 0.15) is 6.26 Å². The Bertz CT molecular complexity index is 479. The molecular formula is C11H11N3O3. The lowest BCUT2D eigenvalue weighted by Crippen LogP contribution is -2.12. The van der Waals surface area contributed by atoms with E-state index < -0.39 is 4.92 Å². The lowest BCUT2D eigenvalue weighted by molar-refractivity contribution is -0.384. The van der Waals surface area contributed by atoms with E-state index in [4.69, 9.17) is 4.52 Å². The molecule has 0 fully saturated rings. The van der Waals surface area contributed by atoms with Crippen LogP contribution in [-0.2, 0) is 13.1 Å². The fraction of sp³-hybridized carbons (Fsp3) is 0.182. The van der Waals surface area contributed by atoms with Crippen molar-refractivity contribution in [2.45, 2.75) is 13.1 Å². The largest absolute Gasteiger partial charge is 0.364 e. The highest BCUT2D eigenvalue weighted by Gasteiger charge is 2.03. The smallest absolute Gasteiger partial charge is 0.269 e. The van der Waals surface area contributed by atoms with Gasteiger partial charge in [-0.2, -0.15) is 0 Å². The van der Waals surface area contributed by atoms with E-state index >= 15 is 0 Å². The van der Waals surface area contributed by atoms with Crippen LogP contribution in [0.2, 0.25) is 0 Å². The molecule has 17 heavy (non-hydrogen) atoms. The molecule has 0 amide bonds. The van der Waals surface area contributed by atoms with Crippen molar-refractivity contribution < 1.29 is 9.45 Å². The average molecular weight is 233 g/mol. The second kappa shape index (κ2) is 5.22. The number of rotatable bonds is 5. The molecular weight excluding hydrogens is 222 g/mol. The summed E-state index contributed by atoms with van der Waals surface area (Å²) >= 11 is 0. The van der Waals surface area contributed by atoms with Gasteiger partial charge >= 0.3 is 0 Å². The summed E-state index contributed by atoms with van der Waals surface area (Å²) in [5.41, 5.74) is 1.91. The molecule has 0 radical (unpaired) electrons. The lowest BCUT2D eigenvalue weighted by Gasteiger charge is -2.02. The van der Waals surface area contributed by atoms with Crippen LogP contribution in [0.4, 0.5) is 5.69 Å². The SMILES string of the molecule is O=[N+]([O-])c1ccc(CNCc2ccon2)cc1. The number of aromatic nitrogens is 1. The molecule has 6 heteroatoms. The monoisotopic (exact) mass is 233 g/mol. The molecule has 0 saturated carbocycles. The van der Waals surface area contributed by atoms with Crippen LogP contribution in [0.3, 0.4) is 0 Å². The van der Waals surface area contributed by atoms with Crippen molar-refractivity contribution in [2.24, 2.45) is 0 Å². The Morgan fingerprint density at radius 1 is 1.24 bits per heavy atom. The van der Waals surface area contributed by atoms with E-state index in [0.29, 0.717) is 13.1 Å². The third-order valence-electron chi connectivity index (χ3n) is 2.27. The van der Waals surface area contributed by atoms with Crippen LogP contribution in [0.5, 0.6) is 0 Å². The first-order chi connectivity index (χ1) is 8.25. The predicted molar refractivity (Wildman–Crippen MR) is 60.1 cm³/mol. The second-order valence-corrected chi connectivity index (χ2v) is 3.52. The second-order valence-electron chi connectivity index (χ2n) is 3.52. The molecule has 0 aliphatic rings. The quantitative estimate of drug-likeness (QED) is 0.629. The molecule has 0 bridgehead atoms. The Hall–Kier alpha value is -2.21. The minimum absolute atomic E-state index is 0.102. The number of hydrogen-bond donors (Lipinski definition) is 1. The first kappa shape index (κ1) is 11.3. The minimum Gasteiger partial charge on any atom is -0.364 e. The zero-order valence-electron chi connectivity index (χ0n) is 9.00. The van der Waals surface area contributed by atoms with E-state index in [1.54, 1.807) is 18.2 Å². The van der Waals surface area contributed by atoms with Gasteiger partial charge < -0.3 is 9.84 Å². The van der Waals surface area contributed by atoms with E-state index in [-0.39, 0.29) is 5.69 Å². The van der Waals surface area contributed by atoms with Gasteiger partial charge in [0, 0.05) is 31.3 Å². The van der Waals surface area contributed by atoms with Crippen molar-refractivity contribution in [1.82, 2.24) is 10.5 Å². The van der Waals surface area contributed by atoms with Gasteiger partial charge in [-0.1, -0.05) is 17.3 Å². The first-order valence-corrected chi connectivity index (χ1v) is 5.09. The highest BCUT2D eigenvalue weighted by molar-refractivity contribution is 5.32. The lowest BCUT2D eigenvalue weighted by atomic mass is 10.2. The molecule has 0 atom stereocenters.